The summed E-state index contributed by atoms with van der Waals surface area (Å²) in [6.45, 7) is 16.5. The summed E-state index contributed by atoms with van der Waals surface area (Å²) < 4.78 is 0. The molecule has 1 aromatic heterocycles. The van der Waals surface area contributed by atoms with Gasteiger partial charge in [0.2, 0.25) is 0 Å². The first-order valence-corrected chi connectivity index (χ1v) is 13.1. The average Bonchev–Trinajstić information content (AvgIpc) is 2.80. The summed E-state index contributed by atoms with van der Waals surface area (Å²) in [5, 5.41) is 1.26. The molecule has 0 atom stereocenters. The van der Waals surface area contributed by atoms with Crippen molar-refractivity contribution in [3.8, 4) is 11.3 Å². The minimum absolute atomic E-state index is 0. The van der Waals surface area contributed by atoms with Gasteiger partial charge in [-0.25, -0.2) is 0 Å². The Kier molecular flexibility index (Phi) is 13.4. The van der Waals surface area contributed by atoms with E-state index in [0.717, 1.165) is 48.0 Å². The van der Waals surface area contributed by atoms with E-state index in [1.54, 1.807) is 0 Å². The topological polar surface area (TPSA) is 47.0 Å². The summed E-state index contributed by atoms with van der Waals surface area (Å²) >= 11 is 0. The molecule has 0 amide bonds. The molecule has 0 unspecified atom stereocenters. The van der Waals surface area contributed by atoms with Crippen molar-refractivity contribution in [2.24, 2.45) is 11.8 Å². The summed E-state index contributed by atoms with van der Waals surface area (Å²) in [6.07, 6.45) is 3.56. The van der Waals surface area contributed by atoms with Gasteiger partial charge in [0, 0.05) is 37.3 Å². The largest absolute Gasteiger partial charge is 0.299 e. The zero-order chi connectivity index (χ0) is 26.1. The van der Waals surface area contributed by atoms with E-state index >= 15 is 0 Å². The van der Waals surface area contributed by atoms with Gasteiger partial charge in [-0.1, -0.05) is 59.7 Å². The van der Waals surface area contributed by atoms with Crippen molar-refractivity contribution in [2.45, 2.75) is 87.5 Å². The molecule has 0 saturated carbocycles. The van der Waals surface area contributed by atoms with Crippen LogP contribution in [0.2, 0.25) is 0 Å². The van der Waals surface area contributed by atoms with E-state index in [0.29, 0.717) is 0 Å². The second kappa shape index (κ2) is 15.2. The van der Waals surface area contributed by atoms with Crippen molar-refractivity contribution in [3.05, 3.63) is 64.7 Å². The molecule has 197 valence electrons. The number of ketones is 2. The molecule has 3 nitrogen and oxygen atoms in total. The van der Waals surface area contributed by atoms with E-state index in [2.05, 4.69) is 70.2 Å². The van der Waals surface area contributed by atoms with Crippen LogP contribution in [0.15, 0.2) is 36.4 Å². The number of fused-ring (bicyclic) bond motifs is 1. The Morgan fingerprint density at radius 1 is 0.806 bits per heavy atom. The number of nitrogens with zero attached hydrogens (tertiary/aromatic N) is 1. The van der Waals surface area contributed by atoms with Gasteiger partial charge in [-0.15, -0.1) is 34.9 Å². The summed E-state index contributed by atoms with van der Waals surface area (Å²) in [7, 11) is 0. The summed E-state index contributed by atoms with van der Waals surface area (Å²) in [6, 6.07) is 16.2. The molecule has 0 saturated heterocycles. The van der Waals surface area contributed by atoms with Crippen molar-refractivity contribution in [1.29, 1.82) is 0 Å². The van der Waals surface area contributed by atoms with E-state index in [-0.39, 0.29) is 49.9 Å². The quantitative estimate of drug-likeness (QED) is 0.171. The molecule has 0 aliphatic carbocycles. The van der Waals surface area contributed by atoms with E-state index in [1.807, 2.05) is 27.7 Å². The zero-order valence-electron chi connectivity index (χ0n) is 23.3. The molecule has 36 heavy (non-hydrogen) atoms. The average molecular weight is 665 g/mol. The van der Waals surface area contributed by atoms with Crippen LogP contribution in [0.5, 0.6) is 0 Å². The molecule has 0 bridgehead atoms. The zero-order valence-corrected chi connectivity index (χ0v) is 25.6. The van der Waals surface area contributed by atoms with E-state index in [1.165, 1.54) is 22.1 Å². The first-order valence-electron chi connectivity index (χ1n) is 13.1. The summed E-state index contributed by atoms with van der Waals surface area (Å²) in [5.74, 6) is 0.445. The number of hydrogen-bond acceptors (Lipinski definition) is 3. The van der Waals surface area contributed by atoms with Gasteiger partial charge in [0.05, 0.1) is 11.9 Å². The number of rotatable bonds is 9. The smallest absolute Gasteiger partial charge is 0.143 e. The van der Waals surface area contributed by atoms with Crippen LogP contribution in [-0.2, 0) is 29.7 Å². The molecule has 0 fully saturated rings. The third kappa shape index (κ3) is 8.46. The van der Waals surface area contributed by atoms with Crippen LogP contribution in [0.25, 0.3) is 22.2 Å². The molecule has 0 N–H and O–H groups in total. The fourth-order valence-electron chi connectivity index (χ4n) is 4.82. The second-order valence-electron chi connectivity index (χ2n) is 9.68. The van der Waals surface area contributed by atoms with Crippen LogP contribution < -0.4 is 0 Å². The Morgan fingerprint density at radius 3 is 1.86 bits per heavy atom. The predicted molar refractivity (Wildman–Crippen MR) is 148 cm³/mol. The van der Waals surface area contributed by atoms with E-state index < -0.39 is 0 Å². The number of benzene rings is 2. The maximum Gasteiger partial charge on any atom is 0.143 e. The minimum Gasteiger partial charge on any atom is -0.299 e. The summed E-state index contributed by atoms with van der Waals surface area (Å²) in [4.78, 5) is 28.3. The number of Topliss-reactive ketones (excluding diaryl/α,β-unsaturated/α-hetero) is 2. The van der Waals surface area contributed by atoms with Crippen molar-refractivity contribution < 1.29 is 29.7 Å². The normalized spacial score (nSPS) is 10.7. The number of aromatic nitrogens is 1. The van der Waals surface area contributed by atoms with Crippen LogP contribution in [0, 0.1) is 45.6 Å². The van der Waals surface area contributed by atoms with Gasteiger partial charge < -0.3 is 0 Å². The number of hydrogen-bond donors (Lipinski definition) is 0. The summed E-state index contributed by atoms with van der Waals surface area (Å²) in [5.41, 5.74) is 8.11. The number of aryl methyl sites for hydroxylation is 4. The molecule has 0 aliphatic rings. The third-order valence-electron chi connectivity index (χ3n) is 6.89. The van der Waals surface area contributed by atoms with E-state index in [9.17, 15) is 9.59 Å². The Hall–Kier alpha value is -2.16. The molecule has 3 rings (SSSR count). The molecule has 4 heteroatoms. The molecule has 2 aromatic carbocycles. The van der Waals surface area contributed by atoms with Crippen LogP contribution in [-0.4, -0.2) is 16.6 Å². The van der Waals surface area contributed by atoms with E-state index in [4.69, 9.17) is 4.98 Å². The maximum atomic E-state index is 11.7. The second-order valence-corrected chi connectivity index (χ2v) is 9.68. The first kappa shape index (κ1) is 31.9. The number of carbonyl (C=O) groups excluding carboxylic acids is 2. The Labute approximate surface area is 231 Å². The molecular weight excluding hydrogens is 623 g/mol. The Bertz CT molecular complexity index is 1120. The van der Waals surface area contributed by atoms with Gasteiger partial charge in [0.25, 0.3) is 0 Å². The molecule has 0 aliphatic heterocycles. The van der Waals surface area contributed by atoms with Crippen molar-refractivity contribution >= 4 is 22.5 Å². The predicted octanol–water partition coefficient (Wildman–Crippen LogP) is 8.32. The standard InChI is InChI=1S/C19H18N.C13H24O2.Ir/c1-12-8-13(2)10-16(9-12)18-11-15(4)19-14(3)6-5-7-17(19)20-18;1-5-10(6-2)12(14)9-13(15)11(7-3)8-4;/h5-9,11H,1-4H3;10-11H,5-9H2,1-4H3;/q-1;;. The van der Waals surface area contributed by atoms with Gasteiger partial charge in [-0.3, -0.25) is 14.6 Å². The van der Waals surface area contributed by atoms with Crippen molar-refractivity contribution in [1.82, 2.24) is 4.98 Å². The third-order valence-corrected chi connectivity index (χ3v) is 6.89. The minimum atomic E-state index is 0. The SMILES string of the molecule is CCC(CC)C(=O)CC(=O)C(CC)CC.Cc1[c-]c(-c2cc(C)c3c(C)cccc3n2)cc(C)c1.[Ir]. The molecule has 1 radical (unpaired) electrons. The van der Waals surface area contributed by atoms with Gasteiger partial charge in [-0.2, -0.15) is 0 Å². The first-order chi connectivity index (χ1) is 16.6. The van der Waals surface area contributed by atoms with Crippen LogP contribution in [0.1, 0.15) is 82.1 Å². The van der Waals surface area contributed by atoms with Crippen molar-refractivity contribution in [2.75, 3.05) is 0 Å². The maximum absolute atomic E-state index is 11.7. The van der Waals surface area contributed by atoms with Crippen LogP contribution in [0.4, 0.5) is 0 Å². The molecule has 3 aromatic rings. The van der Waals surface area contributed by atoms with Gasteiger partial charge in [0.15, 0.2) is 0 Å². The molecule has 0 spiro atoms. The fourth-order valence-corrected chi connectivity index (χ4v) is 4.82. The van der Waals surface area contributed by atoms with Gasteiger partial charge in [0.1, 0.15) is 11.6 Å². The molecular formula is C32H42IrNO2-. The Balaban J connectivity index is 0.000000367. The van der Waals surface area contributed by atoms with Crippen LogP contribution in [0.3, 0.4) is 0 Å². The monoisotopic (exact) mass is 665 g/mol. The Morgan fingerprint density at radius 2 is 1.36 bits per heavy atom. The molecule has 1 heterocycles. The fraction of sp³-hybridized carbons (Fsp3) is 0.469. The van der Waals surface area contributed by atoms with Crippen molar-refractivity contribution in [3.63, 3.8) is 0 Å². The van der Waals surface area contributed by atoms with Crippen LogP contribution >= 0.6 is 0 Å². The van der Waals surface area contributed by atoms with Gasteiger partial charge in [-0.05, 0) is 62.4 Å². The van der Waals surface area contributed by atoms with Gasteiger partial charge >= 0.3 is 0 Å². The number of pyridine rings is 1. The number of carbonyl (C=O) groups is 2.